The van der Waals surface area contributed by atoms with Crippen molar-refractivity contribution in [2.75, 3.05) is 11.9 Å². The number of aromatic nitrogens is 2. The molecule has 2 atom stereocenters. The predicted octanol–water partition coefficient (Wildman–Crippen LogP) is 0.0786. The van der Waals surface area contributed by atoms with Gasteiger partial charge in [-0.15, -0.1) is 12.4 Å². The number of hydrogen-bond donors (Lipinski definition) is 5. The summed E-state index contributed by atoms with van der Waals surface area (Å²) in [5.41, 5.74) is 4.52. The molecule has 35 heavy (non-hydrogen) atoms. The third-order valence-electron chi connectivity index (χ3n) is 4.97. The average molecular weight is 513 g/mol. The number of nitrogens with zero attached hydrogens (tertiary/aromatic N) is 1. The molecule has 0 aliphatic rings. The van der Waals surface area contributed by atoms with Gasteiger partial charge in [0.05, 0.1) is 6.54 Å². The average Bonchev–Trinajstić information content (AvgIpc) is 2.78. The summed E-state index contributed by atoms with van der Waals surface area (Å²) in [6.07, 6.45) is 0.794. The number of anilines is 1. The Bertz CT molecular complexity index is 1150. The molecule has 0 fully saturated rings. The van der Waals surface area contributed by atoms with E-state index in [0.717, 1.165) is 4.57 Å². The van der Waals surface area contributed by atoms with Gasteiger partial charge in [-0.05, 0) is 30.5 Å². The second-order valence-corrected chi connectivity index (χ2v) is 8.08. The Balaban J connectivity index is 0.00000612. The molecule has 0 saturated heterocycles. The first-order chi connectivity index (χ1) is 16.0. The molecule has 0 radical (unpaired) electrons. The SMILES string of the molecule is CC(C)[C@H](NC(=O)CCN)C(=O)N[C@@H](C)C(=O)Nc1ccc(Cn2c(=O)[nH]cc(F)c2=O)cc1.Cl. The summed E-state index contributed by atoms with van der Waals surface area (Å²) in [7, 11) is 0. The summed E-state index contributed by atoms with van der Waals surface area (Å²) in [6.45, 7) is 5.05. The first-order valence-corrected chi connectivity index (χ1v) is 10.7. The number of rotatable bonds is 10. The van der Waals surface area contributed by atoms with E-state index in [1.807, 2.05) is 0 Å². The number of benzene rings is 1. The predicted molar refractivity (Wildman–Crippen MR) is 131 cm³/mol. The van der Waals surface area contributed by atoms with Crippen molar-refractivity contribution in [2.45, 2.75) is 45.8 Å². The van der Waals surface area contributed by atoms with Gasteiger partial charge < -0.3 is 26.7 Å². The summed E-state index contributed by atoms with van der Waals surface area (Å²) in [6, 6.07) is 4.51. The quantitative estimate of drug-likeness (QED) is 0.302. The van der Waals surface area contributed by atoms with Crippen molar-refractivity contribution < 1.29 is 18.8 Å². The summed E-state index contributed by atoms with van der Waals surface area (Å²) in [5.74, 6) is -2.62. The van der Waals surface area contributed by atoms with Crippen molar-refractivity contribution in [1.82, 2.24) is 20.2 Å². The molecule has 1 aromatic heterocycles. The van der Waals surface area contributed by atoms with E-state index in [9.17, 15) is 28.4 Å². The van der Waals surface area contributed by atoms with E-state index in [1.54, 1.807) is 38.1 Å². The molecule has 1 aromatic carbocycles. The van der Waals surface area contributed by atoms with Crippen LogP contribution in [0.15, 0.2) is 40.1 Å². The van der Waals surface area contributed by atoms with Crippen LogP contribution < -0.4 is 32.9 Å². The highest BCUT2D eigenvalue weighted by Crippen LogP contribution is 2.11. The molecule has 2 aromatic rings. The zero-order valence-corrected chi connectivity index (χ0v) is 20.4. The van der Waals surface area contributed by atoms with Crippen molar-refractivity contribution >= 4 is 35.8 Å². The zero-order chi connectivity index (χ0) is 25.4. The largest absolute Gasteiger partial charge is 0.344 e. The molecule has 13 heteroatoms. The number of carbonyl (C=O) groups is 3. The van der Waals surface area contributed by atoms with Gasteiger partial charge in [-0.25, -0.2) is 4.79 Å². The lowest BCUT2D eigenvalue weighted by atomic mass is 10.0. The van der Waals surface area contributed by atoms with Gasteiger partial charge >= 0.3 is 5.69 Å². The number of aromatic amines is 1. The molecular formula is C22H30ClFN6O5. The summed E-state index contributed by atoms with van der Waals surface area (Å²) < 4.78 is 14.1. The monoisotopic (exact) mass is 512 g/mol. The van der Waals surface area contributed by atoms with Gasteiger partial charge in [0.25, 0.3) is 5.56 Å². The topological polar surface area (TPSA) is 168 Å². The molecule has 0 unspecified atom stereocenters. The van der Waals surface area contributed by atoms with Gasteiger partial charge in [-0.2, -0.15) is 4.39 Å². The first kappa shape index (κ1) is 29.5. The summed E-state index contributed by atoms with van der Waals surface area (Å²) in [5, 5.41) is 7.84. The second-order valence-electron chi connectivity index (χ2n) is 8.08. The van der Waals surface area contributed by atoms with E-state index in [2.05, 4.69) is 20.9 Å². The molecule has 0 aliphatic heterocycles. The Morgan fingerprint density at radius 1 is 1.06 bits per heavy atom. The molecule has 0 aliphatic carbocycles. The van der Waals surface area contributed by atoms with Crippen LogP contribution in [0.3, 0.4) is 0 Å². The van der Waals surface area contributed by atoms with Crippen molar-refractivity contribution in [1.29, 1.82) is 0 Å². The van der Waals surface area contributed by atoms with Gasteiger partial charge in [-0.1, -0.05) is 26.0 Å². The number of H-pyrrole nitrogens is 1. The molecule has 6 N–H and O–H groups in total. The van der Waals surface area contributed by atoms with Crippen LogP contribution in [0.2, 0.25) is 0 Å². The minimum Gasteiger partial charge on any atom is -0.344 e. The van der Waals surface area contributed by atoms with E-state index in [1.165, 1.54) is 6.92 Å². The van der Waals surface area contributed by atoms with Crippen LogP contribution in [-0.2, 0) is 20.9 Å². The molecule has 3 amide bonds. The molecular weight excluding hydrogens is 483 g/mol. The highest BCUT2D eigenvalue weighted by atomic mass is 35.5. The van der Waals surface area contributed by atoms with E-state index < -0.39 is 41.0 Å². The standard InChI is InChI=1S/C22H29FN6O5.ClH/c1-12(2)18(28-17(30)8-9-24)20(32)26-13(3)19(31)27-15-6-4-14(5-7-15)11-29-21(33)16(23)10-25-22(29)34;/h4-7,10,12-13,18H,8-9,11,24H2,1-3H3,(H,25,34)(H,26,32)(H,27,31)(H,28,30);1H/t13-,18-;/m0./s1. The lowest BCUT2D eigenvalue weighted by Crippen LogP contribution is -2.53. The summed E-state index contributed by atoms with van der Waals surface area (Å²) >= 11 is 0. The van der Waals surface area contributed by atoms with Crippen LogP contribution in [0.5, 0.6) is 0 Å². The van der Waals surface area contributed by atoms with Gasteiger partial charge in [0.15, 0.2) is 0 Å². The van der Waals surface area contributed by atoms with Crippen LogP contribution in [-0.4, -0.2) is 45.9 Å². The molecule has 0 spiro atoms. The molecule has 2 rings (SSSR count). The van der Waals surface area contributed by atoms with Gasteiger partial charge in [-0.3, -0.25) is 23.7 Å². The third kappa shape index (κ3) is 8.34. The normalized spacial score (nSPS) is 12.3. The molecule has 1 heterocycles. The number of hydrogen-bond acceptors (Lipinski definition) is 6. The molecule has 0 saturated carbocycles. The van der Waals surface area contributed by atoms with E-state index in [-0.39, 0.29) is 43.7 Å². The molecule has 192 valence electrons. The number of nitrogens with two attached hydrogens (primary N) is 1. The van der Waals surface area contributed by atoms with E-state index in [4.69, 9.17) is 5.73 Å². The fourth-order valence-corrected chi connectivity index (χ4v) is 3.04. The van der Waals surface area contributed by atoms with Crippen molar-refractivity contribution in [3.63, 3.8) is 0 Å². The lowest BCUT2D eigenvalue weighted by Gasteiger charge is -2.23. The Labute approximate surface area is 207 Å². The van der Waals surface area contributed by atoms with Crippen LogP contribution in [0.1, 0.15) is 32.8 Å². The van der Waals surface area contributed by atoms with Crippen molar-refractivity contribution in [3.8, 4) is 0 Å². The number of nitrogens with one attached hydrogen (secondary N) is 4. The van der Waals surface area contributed by atoms with Gasteiger partial charge in [0.1, 0.15) is 12.1 Å². The fourth-order valence-electron chi connectivity index (χ4n) is 3.04. The first-order valence-electron chi connectivity index (χ1n) is 10.7. The summed E-state index contributed by atoms with van der Waals surface area (Å²) in [4.78, 5) is 62.6. The lowest BCUT2D eigenvalue weighted by molar-refractivity contribution is -0.131. The minimum absolute atomic E-state index is 0. The fraction of sp³-hybridized carbons (Fsp3) is 0.409. The number of carbonyl (C=O) groups excluding carboxylic acids is 3. The number of amides is 3. The Morgan fingerprint density at radius 3 is 2.26 bits per heavy atom. The smallest absolute Gasteiger partial charge is 0.328 e. The van der Waals surface area contributed by atoms with E-state index >= 15 is 0 Å². The van der Waals surface area contributed by atoms with Crippen LogP contribution >= 0.6 is 12.4 Å². The van der Waals surface area contributed by atoms with Crippen LogP contribution in [0.4, 0.5) is 10.1 Å². The number of halogens is 2. The van der Waals surface area contributed by atoms with Gasteiger partial charge in [0.2, 0.25) is 23.5 Å². The van der Waals surface area contributed by atoms with Crippen molar-refractivity contribution in [3.05, 3.63) is 62.7 Å². The Kier molecular flexibility index (Phi) is 11.3. The Hall–Kier alpha value is -3.51. The minimum atomic E-state index is -1.07. The third-order valence-corrected chi connectivity index (χ3v) is 4.97. The van der Waals surface area contributed by atoms with Crippen LogP contribution in [0, 0.1) is 11.7 Å². The van der Waals surface area contributed by atoms with Gasteiger partial charge in [0, 0.05) is 24.8 Å². The van der Waals surface area contributed by atoms with E-state index in [0.29, 0.717) is 17.4 Å². The Morgan fingerprint density at radius 2 is 1.69 bits per heavy atom. The van der Waals surface area contributed by atoms with Crippen LogP contribution in [0.25, 0.3) is 0 Å². The maximum absolute atomic E-state index is 13.4. The molecule has 11 nitrogen and oxygen atoms in total. The maximum Gasteiger partial charge on any atom is 0.328 e. The van der Waals surface area contributed by atoms with Crippen molar-refractivity contribution in [2.24, 2.45) is 11.7 Å². The second kappa shape index (κ2) is 13.4. The highest BCUT2D eigenvalue weighted by Gasteiger charge is 2.26. The molecule has 0 bridgehead atoms. The highest BCUT2D eigenvalue weighted by molar-refractivity contribution is 5.98. The zero-order valence-electron chi connectivity index (χ0n) is 19.6. The maximum atomic E-state index is 13.4.